The molecule has 1 aromatic carbocycles. The van der Waals surface area contributed by atoms with Crippen LogP contribution in [0.4, 0.5) is 0 Å². The van der Waals surface area contributed by atoms with Crippen LogP contribution in [0.3, 0.4) is 0 Å². The molecule has 3 heteroatoms. The van der Waals surface area contributed by atoms with Crippen LogP contribution in [0, 0.1) is 7.11 Å². The van der Waals surface area contributed by atoms with Gasteiger partial charge in [-0.15, -0.1) is 0 Å². The van der Waals surface area contributed by atoms with Gasteiger partial charge in [0.05, 0.1) is 0 Å². The normalized spacial score (nSPS) is 7.73. The molecule has 0 atom stereocenters. The van der Waals surface area contributed by atoms with E-state index in [0.29, 0.717) is 6.61 Å². The summed E-state index contributed by atoms with van der Waals surface area (Å²) in [6, 6.07) is 9.95. The molecule has 0 fully saturated rings. The summed E-state index contributed by atoms with van der Waals surface area (Å²) in [5, 5.41) is 0. The first-order chi connectivity index (χ1) is 4.43. The second kappa shape index (κ2) is 8.38. The summed E-state index contributed by atoms with van der Waals surface area (Å²) in [6.45, 7) is 0.598. The molecule has 0 aromatic heterocycles. The van der Waals surface area contributed by atoms with Crippen molar-refractivity contribution in [2.45, 2.75) is 6.61 Å². The van der Waals surface area contributed by atoms with Crippen LogP contribution in [-0.4, -0.2) is 0 Å². The van der Waals surface area contributed by atoms with Gasteiger partial charge in [-0.1, -0.05) is 30.3 Å². The Hall–Kier alpha value is 0.283. The first kappa shape index (κ1) is 13.8. The Morgan fingerprint density at radius 1 is 1.18 bits per heavy atom. The first-order valence-corrected chi connectivity index (χ1v) is 2.84. The SMILES string of the molecule is [Br-].[CH2-]OCc1ccccc1.[Zn+2]. The van der Waals surface area contributed by atoms with Gasteiger partial charge >= 0.3 is 19.5 Å². The Bertz CT molecular complexity index is 167. The number of halogens is 1. The Kier molecular flexibility index (Phi) is 10.5. The van der Waals surface area contributed by atoms with Crippen LogP contribution in [0.1, 0.15) is 5.56 Å². The summed E-state index contributed by atoms with van der Waals surface area (Å²) in [5.74, 6) is 0. The van der Waals surface area contributed by atoms with Crippen molar-refractivity contribution < 1.29 is 41.2 Å². The summed E-state index contributed by atoms with van der Waals surface area (Å²) >= 11 is 0. The van der Waals surface area contributed by atoms with Gasteiger partial charge < -0.3 is 21.7 Å². The molecular weight excluding hydrogens is 257 g/mol. The zero-order chi connectivity index (χ0) is 6.53. The zero-order valence-electron chi connectivity index (χ0n) is 6.29. The van der Waals surface area contributed by atoms with E-state index in [0.717, 1.165) is 5.56 Å². The summed E-state index contributed by atoms with van der Waals surface area (Å²) < 4.78 is 4.68. The van der Waals surface area contributed by atoms with Gasteiger partial charge in [0.2, 0.25) is 0 Å². The average molecular weight is 266 g/mol. The standard InChI is InChI=1S/C8H9O.BrH.Zn/c1-9-7-8-5-3-2-4-6-8;;/h2-6H,1,7H2;1H;/q-1;;+2/p-1. The summed E-state index contributed by atoms with van der Waals surface area (Å²) in [7, 11) is 3.28. The van der Waals surface area contributed by atoms with Gasteiger partial charge in [-0.05, 0) is 5.56 Å². The van der Waals surface area contributed by atoms with Crippen LogP contribution in [0.2, 0.25) is 0 Å². The monoisotopic (exact) mass is 264 g/mol. The minimum Gasteiger partial charge on any atom is -1.00 e. The predicted molar refractivity (Wildman–Crippen MR) is 36.6 cm³/mol. The number of benzene rings is 1. The molecule has 0 radical (unpaired) electrons. The van der Waals surface area contributed by atoms with Crippen molar-refractivity contribution in [3.63, 3.8) is 0 Å². The van der Waals surface area contributed by atoms with Gasteiger partial charge in [0.15, 0.2) is 0 Å². The van der Waals surface area contributed by atoms with E-state index in [1.54, 1.807) is 0 Å². The molecule has 56 valence electrons. The van der Waals surface area contributed by atoms with E-state index in [-0.39, 0.29) is 36.5 Å². The van der Waals surface area contributed by atoms with Gasteiger partial charge in [0.25, 0.3) is 0 Å². The van der Waals surface area contributed by atoms with Crippen molar-refractivity contribution in [2.75, 3.05) is 0 Å². The van der Waals surface area contributed by atoms with E-state index < -0.39 is 0 Å². The fraction of sp³-hybridized carbons (Fsp3) is 0.125. The number of hydrogen-bond donors (Lipinski definition) is 0. The maximum absolute atomic E-state index is 4.68. The minimum absolute atomic E-state index is 0. The molecule has 1 nitrogen and oxygen atoms in total. The molecule has 1 rings (SSSR count). The number of ether oxygens (including phenoxy) is 1. The van der Waals surface area contributed by atoms with Gasteiger partial charge in [-0.3, -0.25) is 0 Å². The summed E-state index contributed by atoms with van der Waals surface area (Å²) in [5.41, 5.74) is 1.16. The molecule has 11 heavy (non-hydrogen) atoms. The molecule has 0 saturated carbocycles. The van der Waals surface area contributed by atoms with Crippen molar-refractivity contribution in [1.82, 2.24) is 0 Å². The third kappa shape index (κ3) is 5.54. The maximum atomic E-state index is 4.68. The van der Waals surface area contributed by atoms with Crippen LogP contribution < -0.4 is 17.0 Å². The van der Waals surface area contributed by atoms with Crippen LogP contribution in [0.15, 0.2) is 30.3 Å². The summed E-state index contributed by atoms with van der Waals surface area (Å²) in [6.07, 6.45) is 0. The van der Waals surface area contributed by atoms with E-state index in [9.17, 15) is 0 Å². The van der Waals surface area contributed by atoms with Crippen LogP contribution in [-0.2, 0) is 30.8 Å². The van der Waals surface area contributed by atoms with E-state index in [1.165, 1.54) is 0 Å². The fourth-order valence-corrected chi connectivity index (χ4v) is 0.692. The second-order valence-electron chi connectivity index (χ2n) is 1.83. The molecule has 0 amide bonds. The third-order valence-electron chi connectivity index (χ3n) is 1.11. The van der Waals surface area contributed by atoms with Crippen molar-refractivity contribution in [3.05, 3.63) is 43.0 Å². The number of hydrogen-bond acceptors (Lipinski definition) is 1. The predicted octanol–water partition coefficient (Wildman–Crippen LogP) is -1.00. The summed E-state index contributed by atoms with van der Waals surface area (Å²) in [4.78, 5) is 0. The van der Waals surface area contributed by atoms with Gasteiger partial charge in [-0.2, -0.15) is 0 Å². The van der Waals surface area contributed by atoms with E-state index in [4.69, 9.17) is 0 Å². The Morgan fingerprint density at radius 2 is 1.73 bits per heavy atom. The largest absolute Gasteiger partial charge is 2.00 e. The maximum Gasteiger partial charge on any atom is 2.00 e. The van der Waals surface area contributed by atoms with Crippen molar-refractivity contribution >= 4 is 0 Å². The van der Waals surface area contributed by atoms with Crippen molar-refractivity contribution in [2.24, 2.45) is 0 Å². The zero-order valence-corrected chi connectivity index (χ0v) is 10.8. The Morgan fingerprint density at radius 3 is 2.18 bits per heavy atom. The Labute approximate surface area is 90.7 Å². The smallest absolute Gasteiger partial charge is 1.00 e. The minimum atomic E-state index is 0. The van der Waals surface area contributed by atoms with Gasteiger partial charge in [0, 0.05) is 6.61 Å². The molecule has 0 bridgehead atoms. The molecule has 1 aromatic rings. The molecule has 0 aliphatic heterocycles. The van der Waals surface area contributed by atoms with E-state index in [2.05, 4.69) is 11.8 Å². The van der Waals surface area contributed by atoms with Crippen LogP contribution in [0.5, 0.6) is 0 Å². The van der Waals surface area contributed by atoms with Gasteiger partial charge in [0.1, 0.15) is 0 Å². The molecule has 0 aliphatic carbocycles. The molecule has 0 unspecified atom stereocenters. The van der Waals surface area contributed by atoms with Crippen LogP contribution >= 0.6 is 0 Å². The molecule has 0 spiro atoms. The topological polar surface area (TPSA) is 9.23 Å². The molecule has 0 N–H and O–H groups in total. The molecule has 0 heterocycles. The van der Waals surface area contributed by atoms with Crippen molar-refractivity contribution in [3.8, 4) is 0 Å². The molecule has 0 aliphatic rings. The Balaban J connectivity index is 0. The number of rotatable bonds is 2. The molecular formula is C8H9BrOZn. The van der Waals surface area contributed by atoms with E-state index in [1.807, 2.05) is 30.3 Å². The molecule has 0 saturated heterocycles. The van der Waals surface area contributed by atoms with E-state index >= 15 is 0 Å². The fourth-order valence-electron chi connectivity index (χ4n) is 0.692. The second-order valence-corrected chi connectivity index (χ2v) is 1.83. The van der Waals surface area contributed by atoms with Crippen LogP contribution in [0.25, 0.3) is 0 Å². The quantitative estimate of drug-likeness (QED) is 0.493. The average Bonchev–Trinajstić information content (AvgIpc) is 1.91. The first-order valence-electron chi connectivity index (χ1n) is 2.84. The van der Waals surface area contributed by atoms with Crippen molar-refractivity contribution in [1.29, 1.82) is 0 Å². The third-order valence-corrected chi connectivity index (χ3v) is 1.11. The van der Waals surface area contributed by atoms with Gasteiger partial charge in [-0.25, -0.2) is 7.11 Å².